The van der Waals surface area contributed by atoms with E-state index in [1.165, 1.54) is 7.11 Å². The minimum absolute atomic E-state index is 0.152. The van der Waals surface area contributed by atoms with E-state index in [0.717, 1.165) is 4.57 Å². The highest BCUT2D eigenvalue weighted by molar-refractivity contribution is 5.95. The monoisotopic (exact) mass is 684 g/mol. The van der Waals surface area contributed by atoms with Crippen LogP contribution in [0.15, 0.2) is 54.7 Å². The van der Waals surface area contributed by atoms with E-state index in [9.17, 15) is 28.6 Å². The number of alkyl halides is 3. The molecule has 1 amide bonds. The molecule has 10 nitrogen and oxygen atoms in total. The van der Waals surface area contributed by atoms with Gasteiger partial charge in [-0.1, -0.05) is 26.0 Å². The quantitative estimate of drug-likeness (QED) is 0.134. The molecule has 3 heterocycles. The summed E-state index contributed by atoms with van der Waals surface area (Å²) in [6, 6.07) is 11.9. The van der Waals surface area contributed by atoms with Crippen LogP contribution in [0.2, 0.25) is 0 Å². The lowest BCUT2D eigenvalue weighted by atomic mass is 9.84. The van der Waals surface area contributed by atoms with Crippen LogP contribution in [0.1, 0.15) is 70.9 Å². The lowest BCUT2D eigenvalue weighted by Crippen LogP contribution is -2.44. The molecule has 0 spiro atoms. The molecule has 4 aromatic rings. The molecule has 0 fully saturated rings. The summed E-state index contributed by atoms with van der Waals surface area (Å²) < 4.78 is 55.9. The first-order valence-corrected chi connectivity index (χ1v) is 15.8. The van der Waals surface area contributed by atoms with Crippen LogP contribution in [0.5, 0.6) is 0 Å². The molecule has 2 unspecified atom stereocenters. The molecule has 3 N–H and O–H groups in total. The number of benzene rings is 1. The Bertz CT molecular complexity index is 1800. The van der Waals surface area contributed by atoms with Gasteiger partial charge in [-0.2, -0.15) is 0 Å². The zero-order chi connectivity index (χ0) is 36.3. The molecule has 49 heavy (non-hydrogen) atoms. The van der Waals surface area contributed by atoms with Crippen molar-refractivity contribution in [3.05, 3.63) is 71.7 Å². The first-order chi connectivity index (χ1) is 23.0. The number of aliphatic hydroxyl groups is 1. The van der Waals surface area contributed by atoms with Crippen LogP contribution in [0.4, 0.5) is 18.0 Å². The third-order valence-electron chi connectivity index (χ3n) is 7.98. The van der Waals surface area contributed by atoms with Crippen LogP contribution in [0, 0.1) is 5.41 Å². The second-order valence-electron chi connectivity index (χ2n) is 13.7. The van der Waals surface area contributed by atoms with E-state index in [1.807, 2.05) is 13.8 Å². The van der Waals surface area contributed by atoms with Gasteiger partial charge in [0.05, 0.1) is 28.7 Å². The standard InChI is InChI=1S/C36H43F3N4O6/c1-20(48-7)29-23(11-9-15-40-29)30-25(18-36(5,6)19-44)24-16-21(13-14-28(24)43(30)32(39)31(37)38)26-12-8-10-22(41-26)17-27(33(45)46)42-34(47)49-35(2,3)4/h8-16,20,27,31-32,44H,17-19H2,1-7H3,(H,42,47)(H,45,46)/t20-,27?,32?/m0/s1. The van der Waals surface area contributed by atoms with Gasteiger partial charge in [-0.05, 0) is 81.5 Å². The van der Waals surface area contributed by atoms with Crippen molar-refractivity contribution in [2.45, 2.75) is 84.9 Å². The van der Waals surface area contributed by atoms with Crippen LogP contribution < -0.4 is 5.32 Å². The Morgan fingerprint density at radius 2 is 1.76 bits per heavy atom. The Labute approximate surface area is 283 Å². The second kappa shape index (κ2) is 15.0. The zero-order valence-electron chi connectivity index (χ0n) is 28.6. The van der Waals surface area contributed by atoms with Crippen molar-refractivity contribution in [2.75, 3.05) is 13.7 Å². The number of halogens is 3. The number of aliphatic carboxylic acids is 1. The Balaban J connectivity index is 1.90. The predicted molar refractivity (Wildman–Crippen MR) is 179 cm³/mol. The topological polar surface area (TPSA) is 136 Å². The van der Waals surface area contributed by atoms with Crippen LogP contribution in [0.3, 0.4) is 0 Å². The van der Waals surface area contributed by atoms with Crippen molar-refractivity contribution in [1.29, 1.82) is 0 Å². The van der Waals surface area contributed by atoms with E-state index < -0.39 is 47.9 Å². The number of amides is 1. The second-order valence-corrected chi connectivity index (χ2v) is 13.7. The maximum atomic E-state index is 15.7. The zero-order valence-corrected chi connectivity index (χ0v) is 28.6. The van der Waals surface area contributed by atoms with Gasteiger partial charge in [-0.15, -0.1) is 0 Å². The molecular formula is C36H43F3N4O6. The van der Waals surface area contributed by atoms with E-state index in [4.69, 9.17) is 9.47 Å². The normalized spacial score (nSPS) is 14.1. The molecule has 0 bridgehead atoms. The Kier molecular flexibility index (Phi) is 11.4. The minimum Gasteiger partial charge on any atom is -0.480 e. The molecule has 13 heteroatoms. The van der Waals surface area contributed by atoms with E-state index in [2.05, 4.69) is 15.3 Å². The summed E-state index contributed by atoms with van der Waals surface area (Å²) in [7, 11) is 1.49. The Morgan fingerprint density at radius 1 is 1.04 bits per heavy atom. The molecule has 1 aromatic carbocycles. The maximum Gasteiger partial charge on any atom is 0.408 e. The number of nitrogens with one attached hydrogen (secondary N) is 1. The molecule has 3 aromatic heterocycles. The summed E-state index contributed by atoms with van der Waals surface area (Å²) in [4.78, 5) is 33.4. The first kappa shape index (κ1) is 37.3. The van der Waals surface area contributed by atoms with Crippen molar-refractivity contribution in [1.82, 2.24) is 19.9 Å². The summed E-state index contributed by atoms with van der Waals surface area (Å²) in [6.07, 6.45) is -5.88. The maximum absolute atomic E-state index is 15.7. The summed E-state index contributed by atoms with van der Waals surface area (Å²) in [6.45, 7) is 10.2. The summed E-state index contributed by atoms with van der Waals surface area (Å²) >= 11 is 0. The van der Waals surface area contributed by atoms with Crippen LogP contribution in [0.25, 0.3) is 33.4 Å². The number of aromatic nitrogens is 3. The molecule has 0 radical (unpaired) electrons. The molecule has 3 atom stereocenters. The summed E-state index contributed by atoms with van der Waals surface area (Å²) in [5.41, 5.74) is 1.58. The van der Waals surface area contributed by atoms with Crippen LogP contribution in [-0.2, 0) is 27.1 Å². The average molecular weight is 685 g/mol. The van der Waals surface area contributed by atoms with E-state index in [-0.39, 0.29) is 30.7 Å². The molecule has 0 aliphatic heterocycles. The largest absolute Gasteiger partial charge is 0.480 e. The number of aliphatic hydroxyl groups excluding tert-OH is 1. The number of pyridine rings is 2. The minimum atomic E-state index is -3.34. The van der Waals surface area contributed by atoms with Crippen molar-refractivity contribution in [2.24, 2.45) is 5.41 Å². The fourth-order valence-corrected chi connectivity index (χ4v) is 5.58. The van der Waals surface area contributed by atoms with Gasteiger partial charge in [0.15, 0.2) is 0 Å². The van der Waals surface area contributed by atoms with Gasteiger partial charge < -0.3 is 29.6 Å². The Hall–Kier alpha value is -4.49. The number of hydrogen-bond acceptors (Lipinski definition) is 7. The van der Waals surface area contributed by atoms with E-state index in [0.29, 0.717) is 39.2 Å². The van der Waals surface area contributed by atoms with Crippen LogP contribution in [-0.4, -0.2) is 68.6 Å². The number of ether oxygens (including phenoxy) is 2. The Morgan fingerprint density at radius 3 is 2.37 bits per heavy atom. The smallest absolute Gasteiger partial charge is 0.408 e. The lowest BCUT2D eigenvalue weighted by molar-refractivity contribution is -0.139. The van der Waals surface area contributed by atoms with Gasteiger partial charge in [-0.25, -0.2) is 22.8 Å². The van der Waals surface area contributed by atoms with Crippen LogP contribution >= 0.6 is 0 Å². The number of carbonyl (C=O) groups excluding carboxylic acids is 1. The summed E-state index contributed by atoms with van der Waals surface area (Å²) in [5, 5.41) is 22.9. The number of hydrogen-bond donors (Lipinski definition) is 3. The van der Waals surface area contributed by atoms with E-state index >= 15 is 4.39 Å². The number of carboxylic acids is 1. The highest BCUT2D eigenvalue weighted by Crippen LogP contribution is 2.44. The highest BCUT2D eigenvalue weighted by Gasteiger charge is 2.33. The molecule has 0 aliphatic carbocycles. The van der Waals surface area contributed by atoms with Crippen molar-refractivity contribution < 1.29 is 42.4 Å². The first-order valence-electron chi connectivity index (χ1n) is 15.8. The molecule has 4 rings (SSSR count). The number of carboxylic acid groups (broad SMARTS) is 1. The molecule has 0 aliphatic rings. The van der Waals surface area contributed by atoms with Gasteiger partial charge in [0.1, 0.15) is 11.6 Å². The number of alkyl carbamates (subject to hydrolysis) is 1. The number of nitrogens with zero attached hydrogens (tertiary/aromatic N) is 3. The fourth-order valence-electron chi connectivity index (χ4n) is 5.58. The fraction of sp³-hybridized carbons (Fsp3) is 0.444. The highest BCUT2D eigenvalue weighted by atomic mass is 19.3. The molecule has 264 valence electrons. The van der Waals surface area contributed by atoms with Crippen molar-refractivity contribution in [3.63, 3.8) is 0 Å². The number of fused-ring (bicyclic) bond motifs is 1. The molecule has 0 saturated carbocycles. The van der Waals surface area contributed by atoms with Gasteiger partial charge in [-0.3, -0.25) is 9.97 Å². The van der Waals surface area contributed by atoms with E-state index in [1.54, 1.807) is 82.4 Å². The SMILES string of the molecule is CO[C@@H](C)c1ncccc1-c1c(CC(C)(C)CO)c2cc(-c3cccc(CC(NC(=O)OC(C)(C)C)C(=O)O)n3)ccc2n1C(F)C(F)F. The predicted octanol–water partition coefficient (Wildman–Crippen LogP) is 7.29. The third kappa shape index (κ3) is 8.76. The molecule has 0 saturated heterocycles. The van der Waals surface area contributed by atoms with Gasteiger partial charge in [0.25, 0.3) is 6.43 Å². The van der Waals surface area contributed by atoms with Crippen molar-refractivity contribution in [3.8, 4) is 22.5 Å². The third-order valence-corrected chi connectivity index (χ3v) is 7.98. The van der Waals surface area contributed by atoms with Gasteiger partial charge in [0, 0.05) is 48.5 Å². The van der Waals surface area contributed by atoms with Gasteiger partial charge >= 0.3 is 12.1 Å². The molecular weight excluding hydrogens is 641 g/mol. The van der Waals surface area contributed by atoms with Crippen molar-refractivity contribution >= 4 is 23.0 Å². The number of rotatable bonds is 13. The average Bonchev–Trinajstić information content (AvgIpc) is 3.35. The lowest BCUT2D eigenvalue weighted by Gasteiger charge is -2.24. The number of methoxy groups -OCH3 is 1. The summed E-state index contributed by atoms with van der Waals surface area (Å²) in [5.74, 6) is -1.28. The number of carbonyl (C=O) groups is 2. The van der Waals surface area contributed by atoms with Gasteiger partial charge in [0.2, 0.25) is 6.30 Å².